The van der Waals surface area contributed by atoms with Crippen molar-refractivity contribution >= 4 is 22.4 Å². The average Bonchev–Trinajstić information content (AvgIpc) is 2.71. The number of ether oxygens (including phenoxy) is 1. The maximum atomic E-state index is 11.6. The number of hydrogen-bond donors (Lipinski definition) is 1. The molecule has 0 aliphatic heterocycles. The number of rotatable bonds is 22. The molecule has 0 spiro atoms. The molecule has 1 unspecified atom stereocenters. The Morgan fingerprint density at radius 2 is 1.32 bits per heavy atom. The van der Waals surface area contributed by atoms with E-state index < -0.39 is 21.3 Å². The van der Waals surface area contributed by atoms with Crippen LogP contribution >= 0.6 is 0 Å². The summed E-state index contributed by atoms with van der Waals surface area (Å²) in [5.74, 6) is -0.710. The molecule has 1 atom stereocenters. The molecule has 0 bridgehead atoms. The van der Waals surface area contributed by atoms with Gasteiger partial charge in [-0.1, -0.05) is 103 Å². The molecule has 0 radical (unpaired) electrons. The van der Waals surface area contributed by atoms with Crippen molar-refractivity contribution in [3.05, 3.63) is 12.2 Å². The Labute approximate surface area is 190 Å². The van der Waals surface area contributed by atoms with Crippen LogP contribution < -0.4 is 0 Å². The Kier molecular flexibility index (Phi) is 18.7. The standard InChI is InChI=1S/C24H44O6S/c1-3-4-5-6-7-8-9-10-11-12-13-14-15-16-17-23(31(27,28)29)19-21-30-24(26)22(2)18-20-25/h20,23H,2-19,21H2,1H3,(H,27,28,29). The molecule has 0 aliphatic carbocycles. The predicted molar refractivity (Wildman–Crippen MR) is 126 cm³/mol. The fraction of sp³-hybridized carbons (Fsp3) is 0.833. The van der Waals surface area contributed by atoms with Gasteiger partial charge in [0.25, 0.3) is 10.1 Å². The minimum Gasteiger partial charge on any atom is -0.462 e. The van der Waals surface area contributed by atoms with Gasteiger partial charge in [0.2, 0.25) is 0 Å². The minimum atomic E-state index is -4.18. The Hall–Kier alpha value is -1.21. The van der Waals surface area contributed by atoms with Gasteiger partial charge in [-0.15, -0.1) is 0 Å². The van der Waals surface area contributed by atoms with Gasteiger partial charge in [-0.3, -0.25) is 4.55 Å². The molecule has 0 saturated heterocycles. The van der Waals surface area contributed by atoms with Gasteiger partial charge >= 0.3 is 5.97 Å². The second-order valence-corrected chi connectivity index (χ2v) is 10.1. The van der Waals surface area contributed by atoms with Crippen LogP contribution in [0.5, 0.6) is 0 Å². The monoisotopic (exact) mass is 460 g/mol. The van der Waals surface area contributed by atoms with Crippen LogP contribution in [0.2, 0.25) is 0 Å². The van der Waals surface area contributed by atoms with Crippen LogP contribution in [-0.4, -0.2) is 37.1 Å². The highest BCUT2D eigenvalue weighted by Crippen LogP contribution is 2.17. The summed E-state index contributed by atoms with van der Waals surface area (Å²) in [5, 5.41) is -0.933. The SMILES string of the molecule is C=C(CC=O)C(=O)OCCC(CCCCCCCCCCCCCCCC)S(=O)(=O)O. The number of hydrogen-bond acceptors (Lipinski definition) is 5. The van der Waals surface area contributed by atoms with Crippen molar-refractivity contribution < 1.29 is 27.3 Å². The lowest BCUT2D eigenvalue weighted by Crippen LogP contribution is -2.23. The zero-order valence-electron chi connectivity index (χ0n) is 19.5. The van der Waals surface area contributed by atoms with Crippen molar-refractivity contribution in [1.82, 2.24) is 0 Å². The molecule has 1 N–H and O–H groups in total. The molecule has 0 amide bonds. The summed E-state index contributed by atoms with van der Waals surface area (Å²) in [6.07, 6.45) is 17.9. The highest BCUT2D eigenvalue weighted by Gasteiger charge is 2.23. The van der Waals surface area contributed by atoms with Gasteiger partial charge in [0.05, 0.1) is 11.9 Å². The van der Waals surface area contributed by atoms with Crippen LogP contribution in [0, 0.1) is 0 Å². The van der Waals surface area contributed by atoms with Crippen LogP contribution in [0.15, 0.2) is 12.2 Å². The van der Waals surface area contributed by atoms with Crippen molar-refractivity contribution in [1.29, 1.82) is 0 Å². The first kappa shape index (κ1) is 29.8. The van der Waals surface area contributed by atoms with Crippen LogP contribution in [0.1, 0.15) is 116 Å². The Balaban J connectivity index is 3.76. The second kappa shape index (κ2) is 19.5. The summed E-state index contributed by atoms with van der Waals surface area (Å²) >= 11 is 0. The summed E-state index contributed by atoms with van der Waals surface area (Å²) in [5.41, 5.74) is 0.0328. The third-order valence-electron chi connectivity index (χ3n) is 5.59. The highest BCUT2D eigenvalue weighted by molar-refractivity contribution is 7.86. The van der Waals surface area contributed by atoms with Crippen LogP contribution in [0.4, 0.5) is 0 Å². The minimum absolute atomic E-state index is 0.0328. The van der Waals surface area contributed by atoms with Gasteiger partial charge in [-0.2, -0.15) is 8.42 Å². The van der Waals surface area contributed by atoms with Crippen molar-refractivity contribution in [2.45, 2.75) is 121 Å². The first-order chi connectivity index (χ1) is 14.8. The number of unbranched alkanes of at least 4 members (excludes halogenated alkanes) is 13. The molecule has 0 aromatic heterocycles. The van der Waals surface area contributed by atoms with Crippen molar-refractivity contribution in [2.75, 3.05) is 6.61 Å². The zero-order chi connectivity index (χ0) is 23.4. The lowest BCUT2D eigenvalue weighted by atomic mass is 10.0. The first-order valence-corrected chi connectivity index (χ1v) is 13.6. The maximum absolute atomic E-state index is 11.6. The van der Waals surface area contributed by atoms with Gasteiger partial charge in [0, 0.05) is 18.4 Å². The zero-order valence-corrected chi connectivity index (χ0v) is 20.3. The van der Waals surface area contributed by atoms with Gasteiger partial charge in [0.15, 0.2) is 0 Å². The van der Waals surface area contributed by atoms with Crippen LogP contribution in [0.25, 0.3) is 0 Å². The Morgan fingerprint density at radius 3 is 1.74 bits per heavy atom. The normalized spacial score (nSPS) is 12.5. The number of esters is 1. The van der Waals surface area contributed by atoms with E-state index in [1.165, 1.54) is 64.2 Å². The van der Waals surface area contributed by atoms with Gasteiger partial charge in [-0.05, 0) is 6.42 Å². The number of aldehydes is 1. The fourth-order valence-corrected chi connectivity index (χ4v) is 4.44. The van der Waals surface area contributed by atoms with E-state index in [1.807, 2.05) is 0 Å². The molecule has 0 aromatic carbocycles. The molecule has 0 saturated carbocycles. The smallest absolute Gasteiger partial charge is 0.333 e. The van der Waals surface area contributed by atoms with Gasteiger partial charge < -0.3 is 9.53 Å². The van der Waals surface area contributed by atoms with E-state index in [0.717, 1.165) is 19.3 Å². The fourth-order valence-electron chi connectivity index (χ4n) is 3.58. The molecule has 182 valence electrons. The van der Waals surface area contributed by atoms with Crippen molar-refractivity contribution in [3.8, 4) is 0 Å². The molecule has 0 aromatic rings. The maximum Gasteiger partial charge on any atom is 0.333 e. The van der Waals surface area contributed by atoms with Gasteiger partial charge in [0.1, 0.15) is 6.29 Å². The van der Waals surface area contributed by atoms with E-state index in [2.05, 4.69) is 13.5 Å². The van der Waals surface area contributed by atoms with E-state index in [0.29, 0.717) is 19.1 Å². The summed E-state index contributed by atoms with van der Waals surface area (Å²) in [4.78, 5) is 21.9. The third-order valence-corrected chi connectivity index (χ3v) is 6.91. The molecule has 0 fully saturated rings. The average molecular weight is 461 g/mol. The molecule has 0 aliphatic rings. The van der Waals surface area contributed by atoms with Crippen molar-refractivity contribution in [2.24, 2.45) is 0 Å². The van der Waals surface area contributed by atoms with Crippen LogP contribution in [0.3, 0.4) is 0 Å². The summed E-state index contributed by atoms with van der Waals surface area (Å²) in [6, 6.07) is 0. The second-order valence-electron chi connectivity index (χ2n) is 8.42. The van der Waals surface area contributed by atoms with E-state index in [4.69, 9.17) is 4.74 Å². The molecule has 31 heavy (non-hydrogen) atoms. The van der Waals surface area contributed by atoms with Crippen LogP contribution in [-0.2, 0) is 24.4 Å². The summed E-state index contributed by atoms with van der Waals surface area (Å²) in [7, 11) is -4.18. The number of carbonyl (C=O) groups excluding carboxylic acids is 2. The quantitative estimate of drug-likeness (QED) is 0.0680. The molecule has 0 rings (SSSR count). The molecular weight excluding hydrogens is 416 g/mol. The molecular formula is C24H44O6S. The Bertz CT molecular complexity index is 585. The van der Waals surface area contributed by atoms with E-state index in [-0.39, 0.29) is 25.0 Å². The third kappa shape index (κ3) is 18.1. The number of carbonyl (C=O) groups is 2. The van der Waals surface area contributed by atoms with E-state index in [1.54, 1.807) is 0 Å². The topological polar surface area (TPSA) is 97.7 Å². The molecule has 6 nitrogen and oxygen atoms in total. The lowest BCUT2D eigenvalue weighted by molar-refractivity contribution is -0.139. The summed E-state index contributed by atoms with van der Waals surface area (Å²) < 4.78 is 37.5. The highest BCUT2D eigenvalue weighted by atomic mass is 32.2. The largest absolute Gasteiger partial charge is 0.462 e. The molecule has 0 heterocycles. The molecule has 7 heteroatoms. The van der Waals surface area contributed by atoms with Gasteiger partial charge in [-0.25, -0.2) is 4.79 Å². The lowest BCUT2D eigenvalue weighted by Gasteiger charge is -2.14. The van der Waals surface area contributed by atoms with E-state index >= 15 is 0 Å². The van der Waals surface area contributed by atoms with Crippen molar-refractivity contribution in [3.63, 3.8) is 0 Å². The van der Waals surface area contributed by atoms with E-state index in [9.17, 15) is 22.6 Å². The predicted octanol–water partition coefficient (Wildman–Crippen LogP) is 6.19. The Morgan fingerprint density at radius 1 is 0.871 bits per heavy atom. The summed E-state index contributed by atoms with van der Waals surface area (Å²) in [6.45, 7) is 5.55. The first-order valence-electron chi connectivity index (χ1n) is 12.1.